The van der Waals surface area contributed by atoms with Crippen molar-refractivity contribution in [2.24, 2.45) is 0 Å². The molecule has 0 fully saturated rings. The van der Waals surface area contributed by atoms with Gasteiger partial charge < -0.3 is 10.6 Å². The molecule has 2 nitrogen and oxygen atoms in total. The average molecular weight is 118 g/mol. The molecule has 52 valence electrons. The molecule has 0 spiro atoms. The molecule has 1 atom stereocenters. The van der Waals surface area contributed by atoms with E-state index in [4.69, 9.17) is 0 Å². The number of hydrogen-bond donors (Lipinski definition) is 2. The van der Waals surface area contributed by atoms with Crippen LogP contribution in [0.1, 0.15) is 15.3 Å². The van der Waals surface area contributed by atoms with Gasteiger partial charge in [0, 0.05) is 14.0 Å². The number of rotatable bonds is 4. The fourth-order valence-electron chi connectivity index (χ4n) is 0.727. The predicted octanol–water partition coefficient (Wildman–Crippen LogP) is 0.450. The molecule has 0 heterocycles. The van der Waals surface area contributed by atoms with Crippen molar-refractivity contribution in [2.45, 2.75) is 19.9 Å². The van der Waals surface area contributed by atoms with Crippen LogP contribution in [0.3, 0.4) is 0 Å². The van der Waals surface area contributed by atoms with Gasteiger partial charge in [-0.2, -0.15) is 0 Å². The molecule has 2 N–H and O–H groups in total. The Morgan fingerprint density at radius 1 is 1.62 bits per heavy atom. The van der Waals surface area contributed by atoms with Crippen molar-refractivity contribution in [3.05, 3.63) is 0 Å². The fourth-order valence-corrected chi connectivity index (χ4v) is 0.727. The van der Waals surface area contributed by atoms with Gasteiger partial charge in [-0.15, -0.1) is 0 Å². The highest BCUT2D eigenvalue weighted by Crippen LogP contribution is 1.73. The van der Waals surface area contributed by atoms with Crippen molar-refractivity contribution in [1.82, 2.24) is 10.6 Å². The lowest BCUT2D eigenvalue weighted by Crippen LogP contribution is -2.34. The predicted molar refractivity (Wildman–Crippen MR) is 39.2 cm³/mol. The lowest BCUT2D eigenvalue weighted by Gasteiger charge is -2.09. The van der Waals surface area contributed by atoms with Crippen LogP contribution in [0.5, 0.6) is 0 Å². The Morgan fingerprint density at radius 3 is 2.62 bits per heavy atom. The van der Waals surface area contributed by atoms with Crippen LogP contribution >= 0.6 is 0 Å². The molecule has 0 bridgehead atoms. The van der Waals surface area contributed by atoms with Gasteiger partial charge in [0.15, 0.2) is 0 Å². The second kappa shape index (κ2) is 5.06. The van der Waals surface area contributed by atoms with Crippen molar-refractivity contribution in [3.63, 3.8) is 0 Å². The van der Waals surface area contributed by atoms with Crippen LogP contribution in [0.2, 0.25) is 0 Å². The summed E-state index contributed by atoms with van der Waals surface area (Å²) >= 11 is 0. The van der Waals surface area contributed by atoms with E-state index in [1.807, 2.05) is 7.05 Å². The minimum Gasteiger partial charge on any atom is -0.318 e. The largest absolute Gasteiger partial charge is 0.318 e. The van der Waals surface area contributed by atoms with E-state index < -0.39 is 0 Å². The monoisotopic (exact) mass is 118 g/mol. The second-order valence-corrected chi connectivity index (χ2v) is 2.02. The summed E-state index contributed by atoms with van der Waals surface area (Å²) in [7, 11) is 1.97. The number of nitrogens with one attached hydrogen (secondary N) is 2. The van der Waals surface area contributed by atoms with Crippen molar-refractivity contribution < 1.29 is 1.43 Å². The van der Waals surface area contributed by atoms with Crippen molar-refractivity contribution in [2.75, 3.05) is 20.1 Å². The third-order valence-electron chi connectivity index (χ3n) is 1.06. The molecule has 0 rings (SSSR count). The van der Waals surface area contributed by atoms with E-state index in [1.54, 1.807) is 0 Å². The van der Waals surface area contributed by atoms with Crippen molar-refractivity contribution in [1.29, 1.82) is 0 Å². The summed E-state index contributed by atoms with van der Waals surface area (Å²) in [5, 5.41) is 6.37. The van der Waals surface area contributed by atoms with Crippen LogP contribution in [0.15, 0.2) is 0 Å². The zero-order valence-corrected chi connectivity index (χ0v) is 5.99. The van der Waals surface area contributed by atoms with Crippen molar-refractivity contribution in [3.8, 4) is 0 Å². The van der Waals surface area contributed by atoms with Gasteiger partial charge in [-0.3, -0.25) is 0 Å². The van der Waals surface area contributed by atoms with E-state index in [-0.39, 0.29) is 1.43 Å². The molecular weight excluding hydrogens is 100 g/mol. The number of likely N-dealkylation sites (N-methyl/N-ethyl adjacent to an activating group) is 2. The summed E-state index contributed by atoms with van der Waals surface area (Å²) in [4.78, 5) is 0. The molecule has 1 unspecified atom stereocenters. The maximum Gasteiger partial charge on any atom is 0.0163 e. The lowest BCUT2D eigenvalue weighted by molar-refractivity contribution is 0.539. The Hall–Kier alpha value is -0.0800. The third-order valence-corrected chi connectivity index (χ3v) is 1.06. The number of hydrogen-bond acceptors (Lipinski definition) is 2. The standard InChI is InChI=1S/C6H16N2.H2/c1-4-8-6(2)5-7-3;/h6-8H,4-5H2,1-3H3;1H. The Labute approximate surface area is 53.1 Å². The molecule has 0 saturated carbocycles. The SMILES string of the molecule is CCNC(C)CNC.[HH]. The first-order valence-electron chi connectivity index (χ1n) is 3.19. The molecule has 0 radical (unpaired) electrons. The van der Waals surface area contributed by atoms with Gasteiger partial charge in [-0.05, 0) is 20.5 Å². The second-order valence-electron chi connectivity index (χ2n) is 2.02. The van der Waals surface area contributed by atoms with Crippen LogP contribution in [0, 0.1) is 0 Å². The first kappa shape index (κ1) is 7.92. The molecule has 0 aromatic heterocycles. The molecule has 0 saturated heterocycles. The van der Waals surface area contributed by atoms with Crippen LogP contribution in [0.25, 0.3) is 0 Å². The molecule has 0 aromatic rings. The van der Waals surface area contributed by atoms with E-state index in [0.717, 1.165) is 13.1 Å². The van der Waals surface area contributed by atoms with Gasteiger partial charge in [0.1, 0.15) is 0 Å². The zero-order valence-electron chi connectivity index (χ0n) is 5.99. The average Bonchev–Trinajstić information content (AvgIpc) is 1.68. The molecule has 0 aliphatic carbocycles. The summed E-state index contributed by atoms with van der Waals surface area (Å²) in [6.45, 7) is 6.39. The highest BCUT2D eigenvalue weighted by molar-refractivity contribution is 4.59. The molecule has 8 heavy (non-hydrogen) atoms. The van der Waals surface area contributed by atoms with Gasteiger partial charge in [0.2, 0.25) is 0 Å². The maximum atomic E-state index is 3.28. The summed E-state index contributed by atoms with van der Waals surface area (Å²) in [5.74, 6) is 0. The van der Waals surface area contributed by atoms with Gasteiger partial charge in [-0.1, -0.05) is 6.92 Å². The summed E-state index contributed by atoms with van der Waals surface area (Å²) < 4.78 is 0. The summed E-state index contributed by atoms with van der Waals surface area (Å²) in [6, 6.07) is 0.602. The smallest absolute Gasteiger partial charge is 0.0163 e. The highest BCUT2D eigenvalue weighted by Gasteiger charge is 1.93. The minimum absolute atomic E-state index is 0. The van der Waals surface area contributed by atoms with E-state index in [9.17, 15) is 0 Å². The highest BCUT2D eigenvalue weighted by atomic mass is 14.9. The Bertz CT molecular complexity index is 44.3. The van der Waals surface area contributed by atoms with E-state index in [2.05, 4.69) is 24.5 Å². The quantitative estimate of drug-likeness (QED) is 0.560. The molecule has 0 aromatic carbocycles. The van der Waals surface area contributed by atoms with Crippen LogP contribution in [-0.2, 0) is 0 Å². The lowest BCUT2D eigenvalue weighted by atomic mass is 10.3. The van der Waals surface area contributed by atoms with E-state index in [0.29, 0.717) is 6.04 Å². The van der Waals surface area contributed by atoms with Gasteiger partial charge >= 0.3 is 0 Å². The molecule has 0 amide bonds. The van der Waals surface area contributed by atoms with Crippen molar-refractivity contribution >= 4 is 0 Å². The fraction of sp³-hybridized carbons (Fsp3) is 1.00. The minimum atomic E-state index is 0. The van der Waals surface area contributed by atoms with Crippen LogP contribution in [-0.4, -0.2) is 26.2 Å². The maximum absolute atomic E-state index is 3.28. The first-order valence-corrected chi connectivity index (χ1v) is 3.19. The summed E-state index contributed by atoms with van der Waals surface area (Å²) in [5.41, 5.74) is 0. The molecule has 0 aliphatic rings. The third kappa shape index (κ3) is 4.09. The van der Waals surface area contributed by atoms with E-state index in [1.165, 1.54) is 0 Å². The Morgan fingerprint density at radius 2 is 2.25 bits per heavy atom. The Kier molecular flexibility index (Phi) is 5.01. The van der Waals surface area contributed by atoms with Crippen LogP contribution in [0.4, 0.5) is 0 Å². The van der Waals surface area contributed by atoms with Crippen LogP contribution < -0.4 is 10.6 Å². The molecule has 0 aliphatic heterocycles. The zero-order chi connectivity index (χ0) is 6.41. The normalized spacial score (nSPS) is 13.9. The molecule has 2 heteroatoms. The van der Waals surface area contributed by atoms with E-state index >= 15 is 0 Å². The van der Waals surface area contributed by atoms with Gasteiger partial charge in [0.25, 0.3) is 0 Å². The van der Waals surface area contributed by atoms with Gasteiger partial charge in [0.05, 0.1) is 0 Å². The topological polar surface area (TPSA) is 24.1 Å². The molecular formula is C6H18N2. The summed E-state index contributed by atoms with van der Waals surface area (Å²) in [6.07, 6.45) is 0. The first-order chi connectivity index (χ1) is 3.81. The van der Waals surface area contributed by atoms with Gasteiger partial charge in [-0.25, -0.2) is 0 Å². The Balaban J connectivity index is 0.